The summed E-state index contributed by atoms with van der Waals surface area (Å²) < 4.78 is 40.6. The monoisotopic (exact) mass is 183 g/mol. The molecule has 0 saturated carbocycles. The van der Waals surface area contributed by atoms with E-state index < -0.39 is 18.6 Å². The van der Waals surface area contributed by atoms with Crippen molar-refractivity contribution < 1.29 is 17.9 Å². The molecule has 0 amide bonds. The van der Waals surface area contributed by atoms with Gasteiger partial charge in [-0.3, -0.25) is 0 Å². The van der Waals surface area contributed by atoms with Crippen molar-refractivity contribution in [3.63, 3.8) is 0 Å². The van der Waals surface area contributed by atoms with Gasteiger partial charge in [0.1, 0.15) is 0 Å². The van der Waals surface area contributed by atoms with Crippen LogP contribution in [0.15, 0.2) is 0 Å². The molecule has 2 atom stereocenters. The zero-order valence-electron chi connectivity index (χ0n) is 6.82. The topological polar surface area (TPSA) is 21.3 Å². The Morgan fingerprint density at radius 2 is 2.17 bits per heavy atom. The van der Waals surface area contributed by atoms with Crippen LogP contribution >= 0.6 is 0 Å². The maximum Gasteiger partial charge on any atom is 0.390 e. The number of hydrogen-bond acceptors (Lipinski definition) is 2. The van der Waals surface area contributed by atoms with Crippen LogP contribution in [0.2, 0.25) is 0 Å². The molecule has 1 saturated heterocycles. The second-order valence-corrected chi connectivity index (χ2v) is 3.07. The summed E-state index contributed by atoms with van der Waals surface area (Å²) in [5.41, 5.74) is 0. The Hall–Kier alpha value is -0.290. The Kier molecular flexibility index (Phi) is 2.95. The summed E-state index contributed by atoms with van der Waals surface area (Å²) >= 11 is 0. The van der Waals surface area contributed by atoms with E-state index in [0.29, 0.717) is 6.54 Å². The molecule has 1 aliphatic rings. The summed E-state index contributed by atoms with van der Waals surface area (Å²) in [5.74, 6) is 0. The van der Waals surface area contributed by atoms with Crippen molar-refractivity contribution in [2.45, 2.75) is 31.7 Å². The number of morpholine rings is 1. The Balaban J connectivity index is 2.26. The first-order valence-corrected chi connectivity index (χ1v) is 3.89. The Bertz CT molecular complexity index is 140. The minimum Gasteiger partial charge on any atom is -0.376 e. The lowest BCUT2D eigenvalue weighted by Gasteiger charge is -2.28. The van der Waals surface area contributed by atoms with E-state index >= 15 is 0 Å². The van der Waals surface area contributed by atoms with Gasteiger partial charge in [0.25, 0.3) is 0 Å². The molecule has 0 aromatic carbocycles. The van der Waals surface area contributed by atoms with Crippen LogP contribution in [0.1, 0.15) is 13.3 Å². The van der Waals surface area contributed by atoms with Crippen molar-refractivity contribution in [2.24, 2.45) is 0 Å². The summed E-state index contributed by atoms with van der Waals surface area (Å²) in [6.45, 7) is 2.48. The molecule has 0 aliphatic carbocycles. The molecule has 1 fully saturated rings. The van der Waals surface area contributed by atoms with Gasteiger partial charge in [-0.25, -0.2) is 0 Å². The highest BCUT2D eigenvalue weighted by atomic mass is 19.4. The third-order valence-corrected chi connectivity index (χ3v) is 1.75. The largest absolute Gasteiger partial charge is 0.390 e. The lowest BCUT2D eigenvalue weighted by Crippen LogP contribution is -2.47. The van der Waals surface area contributed by atoms with Gasteiger partial charge in [-0.1, -0.05) is 0 Å². The van der Waals surface area contributed by atoms with Crippen molar-refractivity contribution in [2.75, 3.05) is 13.2 Å². The molecule has 0 bridgehead atoms. The fourth-order valence-corrected chi connectivity index (χ4v) is 1.14. The number of rotatable bonds is 1. The van der Waals surface area contributed by atoms with Crippen LogP contribution in [0, 0.1) is 0 Å². The van der Waals surface area contributed by atoms with E-state index in [4.69, 9.17) is 4.74 Å². The number of hydrogen-bond donors (Lipinski definition) is 1. The molecule has 1 aliphatic heterocycles. The average molecular weight is 183 g/mol. The molecule has 72 valence electrons. The molecule has 0 aromatic rings. The van der Waals surface area contributed by atoms with Crippen molar-refractivity contribution in [1.82, 2.24) is 5.32 Å². The molecule has 1 N–H and O–H groups in total. The highest BCUT2D eigenvalue weighted by Gasteiger charge is 2.33. The fourth-order valence-electron chi connectivity index (χ4n) is 1.14. The summed E-state index contributed by atoms with van der Waals surface area (Å²) in [5, 5.41) is 2.78. The van der Waals surface area contributed by atoms with Crippen LogP contribution < -0.4 is 5.32 Å². The van der Waals surface area contributed by atoms with E-state index in [9.17, 15) is 13.2 Å². The summed E-state index contributed by atoms with van der Waals surface area (Å²) in [6, 6.07) is -0.568. The highest BCUT2D eigenvalue weighted by molar-refractivity contribution is 4.76. The second kappa shape index (κ2) is 3.62. The minimum atomic E-state index is -4.10. The second-order valence-electron chi connectivity index (χ2n) is 3.07. The van der Waals surface area contributed by atoms with E-state index in [1.807, 2.05) is 6.92 Å². The maximum absolute atomic E-state index is 11.8. The minimum absolute atomic E-state index is 0.0227. The molecule has 1 rings (SSSR count). The standard InChI is InChI=1S/C7H12F3NO/c1-5-3-11-6(4-12-5)2-7(8,9)10/h5-6,11H,2-4H2,1H3/t5?,6-/m0/s1. The van der Waals surface area contributed by atoms with Crippen LogP contribution in [0.4, 0.5) is 13.2 Å². The normalized spacial score (nSPS) is 32.0. The molecule has 0 aromatic heterocycles. The molecule has 0 spiro atoms. The molecule has 5 heteroatoms. The third-order valence-electron chi connectivity index (χ3n) is 1.75. The quantitative estimate of drug-likeness (QED) is 0.661. The molecule has 2 nitrogen and oxygen atoms in total. The van der Waals surface area contributed by atoms with E-state index in [0.717, 1.165) is 0 Å². The summed E-state index contributed by atoms with van der Waals surface area (Å²) in [4.78, 5) is 0. The predicted octanol–water partition coefficient (Wildman–Crippen LogP) is 1.32. The number of nitrogens with one attached hydrogen (secondary N) is 1. The number of alkyl halides is 3. The van der Waals surface area contributed by atoms with E-state index in [1.165, 1.54) is 0 Å². The van der Waals surface area contributed by atoms with Crippen molar-refractivity contribution in [3.8, 4) is 0 Å². The highest BCUT2D eigenvalue weighted by Crippen LogP contribution is 2.22. The summed E-state index contributed by atoms with van der Waals surface area (Å²) in [6.07, 6.45) is -4.88. The Morgan fingerprint density at radius 1 is 1.50 bits per heavy atom. The molecule has 1 heterocycles. The van der Waals surface area contributed by atoms with Crippen molar-refractivity contribution in [3.05, 3.63) is 0 Å². The van der Waals surface area contributed by atoms with Crippen LogP contribution in [0.5, 0.6) is 0 Å². The molecule has 0 radical (unpaired) electrons. The van der Waals surface area contributed by atoms with Gasteiger partial charge in [-0.05, 0) is 6.92 Å². The van der Waals surface area contributed by atoms with Gasteiger partial charge in [-0.2, -0.15) is 13.2 Å². The molecule has 1 unspecified atom stereocenters. The molecular formula is C7H12F3NO. The van der Waals surface area contributed by atoms with Gasteiger partial charge < -0.3 is 10.1 Å². The van der Waals surface area contributed by atoms with Gasteiger partial charge in [0, 0.05) is 12.6 Å². The average Bonchev–Trinajstić information content (AvgIpc) is 1.91. The van der Waals surface area contributed by atoms with Gasteiger partial charge in [0.05, 0.1) is 19.1 Å². The van der Waals surface area contributed by atoms with Gasteiger partial charge in [0.2, 0.25) is 0 Å². The Morgan fingerprint density at radius 3 is 2.58 bits per heavy atom. The van der Waals surface area contributed by atoms with Gasteiger partial charge in [-0.15, -0.1) is 0 Å². The SMILES string of the molecule is CC1CN[C@@H](CC(F)(F)F)CO1. The van der Waals surface area contributed by atoms with Crippen molar-refractivity contribution >= 4 is 0 Å². The van der Waals surface area contributed by atoms with Crippen LogP contribution in [0.3, 0.4) is 0 Å². The smallest absolute Gasteiger partial charge is 0.376 e. The zero-order chi connectivity index (χ0) is 9.19. The van der Waals surface area contributed by atoms with Gasteiger partial charge >= 0.3 is 6.18 Å². The van der Waals surface area contributed by atoms with E-state index in [1.54, 1.807) is 0 Å². The van der Waals surface area contributed by atoms with Crippen molar-refractivity contribution in [1.29, 1.82) is 0 Å². The first-order valence-electron chi connectivity index (χ1n) is 3.89. The lowest BCUT2D eigenvalue weighted by atomic mass is 10.2. The molecular weight excluding hydrogens is 171 g/mol. The third kappa shape index (κ3) is 3.40. The van der Waals surface area contributed by atoms with Gasteiger partial charge in [0.15, 0.2) is 0 Å². The summed E-state index contributed by atoms with van der Waals surface area (Å²) in [7, 11) is 0. The van der Waals surface area contributed by atoms with E-state index in [2.05, 4.69) is 5.32 Å². The predicted molar refractivity (Wildman–Crippen MR) is 37.9 cm³/mol. The number of ether oxygens (including phenoxy) is 1. The first-order chi connectivity index (χ1) is 5.47. The van der Waals surface area contributed by atoms with E-state index in [-0.39, 0.29) is 12.7 Å². The number of halogens is 3. The van der Waals surface area contributed by atoms with Crippen LogP contribution in [-0.2, 0) is 4.74 Å². The fraction of sp³-hybridized carbons (Fsp3) is 1.00. The maximum atomic E-state index is 11.8. The lowest BCUT2D eigenvalue weighted by molar-refractivity contribution is -0.148. The molecule has 12 heavy (non-hydrogen) atoms. The van der Waals surface area contributed by atoms with Crippen LogP contribution in [-0.4, -0.2) is 31.5 Å². The van der Waals surface area contributed by atoms with Crippen LogP contribution in [0.25, 0.3) is 0 Å². The zero-order valence-corrected chi connectivity index (χ0v) is 6.82. The first kappa shape index (κ1) is 9.80. The Labute approximate surface area is 69.1 Å².